The summed E-state index contributed by atoms with van der Waals surface area (Å²) in [7, 11) is 0. The highest BCUT2D eigenvalue weighted by Crippen LogP contribution is 2.38. The van der Waals surface area contributed by atoms with Gasteiger partial charge in [-0.25, -0.2) is 0 Å². The lowest BCUT2D eigenvalue weighted by Crippen LogP contribution is -2.55. The molecule has 0 amide bonds. The maximum atomic E-state index is 12.6. The van der Waals surface area contributed by atoms with Crippen molar-refractivity contribution in [3.8, 4) is 6.07 Å². The molecule has 1 unspecified atom stereocenters. The Morgan fingerprint density at radius 2 is 1.93 bits per heavy atom. The van der Waals surface area contributed by atoms with Crippen LogP contribution in [0.25, 0.3) is 0 Å². The Hall–Kier alpha value is -1.59. The van der Waals surface area contributed by atoms with Crippen molar-refractivity contribution in [3.63, 3.8) is 0 Å². The van der Waals surface area contributed by atoms with Crippen LogP contribution >= 0.6 is 0 Å². The van der Waals surface area contributed by atoms with Crippen molar-refractivity contribution in [2.24, 2.45) is 5.10 Å². The molecule has 0 aromatic carbocycles. The van der Waals surface area contributed by atoms with Gasteiger partial charge in [0.25, 0.3) is 0 Å². The van der Waals surface area contributed by atoms with E-state index in [-0.39, 0.29) is 6.34 Å². The first kappa shape index (κ1) is 10.5. The normalized spacial score (nSPS) is 22.0. The predicted molar refractivity (Wildman–Crippen MR) is 33.9 cm³/mol. The molecule has 0 spiro atoms. The van der Waals surface area contributed by atoms with Gasteiger partial charge in [0.1, 0.15) is 12.4 Å². The number of nitrogens with zero attached hydrogens (tertiary/aromatic N) is 3. The lowest BCUT2D eigenvalue weighted by molar-refractivity contribution is -0.328. The zero-order valence-corrected chi connectivity index (χ0v) is 6.39. The van der Waals surface area contributed by atoms with E-state index in [1.807, 2.05) is 0 Å². The van der Waals surface area contributed by atoms with E-state index in [9.17, 15) is 22.0 Å². The van der Waals surface area contributed by atoms with Gasteiger partial charge in [-0.1, -0.05) is 0 Å². The van der Waals surface area contributed by atoms with Crippen LogP contribution in [0.4, 0.5) is 22.0 Å². The van der Waals surface area contributed by atoms with Gasteiger partial charge in [-0.2, -0.15) is 32.3 Å². The SMILES string of the molecule is N#CC1NN=CN1C(F)(F)C(F)(F)F. The standard InChI is InChI=1S/C5H3F5N4/c6-4(7,8)5(9,10)14-2-12-13-3(14)1-11/h2-3,13H. The Morgan fingerprint density at radius 3 is 2.36 bits per heavy atom. The van der Waals surface area contributed by atoms with Crippen molar-refractivity contribution in [1.82, 2.24) is 10.3 Å². The molecule has 1 N–H and O–H groups in total. The number of alkyl halides is 5. The van der Waals surface area contributed by atoms with Gasteiger partial charge in [0.05, 0.1) is 0 Å². The zero-order valence-electron chi connectivity index (χ0n) is 6.39. The summed E-state index contributed by atoms with van der Waals surface area (Å²) in [5.41, 5.74) is 1.79. The van der Waals surface area contributed by atoms with Gasteiger partial charge in [0.15, 0.2) is 0 Å². The minimum atomic E-state index is -5.75. The Morgan fingerprint density at radius 1 is 1.36 bits per heavy atom. The van der Waals surface area contributed by atoms with Crippen LogP contribution in [-0.4, -0.2) is 29.6 Å². The molecular formula is C5H3F5N4. The van der Waals surface area contributed by atoms with E-state index in [1.165, 1.54) is 6.07 Å². The molecule has 0 aliphatic carbocycles. The highest BCUT2D eigenvalue weighted by Gasteiger charge is 2.63. The fourth-order valence-corrected chi connectivity index (χ4v) is 0.767. The monoisotopic (exact) mass is 214 g/mol. The molecule has 9 heteroatoms. The van der Waals surface area contributed by atoms with Crippen molar-refractivity contribution in [3.05, 3.63) is 0 Å². The largest absolute Gasteiger partial charge is 0.475 e. The van der Waals surface area contributed by atoms with Crippen LogP contribution in [0.3, 0.4) is 0 Å². The van der Waals surface area contributed by atoms with Crippen LogP contribution in [0.2, 0.25) is 0 Å². The van der Waals surface area contributed by atoms with Gasteiger partial charge in [-0.15, -0.1) is 0 Å². The first-order chi connectivity index (χ1) is 6.30. The molecule has 0 fully saturated rings. The summed E-state index contributed by atoms with van der Waals surface area (Å²) < 4.78 is 60.6. The molecule has 0 radical (unpaired) electrons. The number of halogens is 5. The number of hydrazone groups is 1. The van der Waals surface area contributed by atoms with E-state index < -0.39 is 23.3 Å². The summed E-state index contributed by atoms with van der Waals surface area (Å²) >= 11 is 0. The third-order valence-corrected chi connectivity index (χ3v) is 1.44. The average Bonchev–Trinajstić information content (AvgIpc) is 2.49. The number of rotatable bonds is 1. The second-order valence-electron chi connectivity index (χ2n) is 2.35. The molecule has 78 valence electrons. The van der Waals surface area contributed by atoms with Crippen LogP contribution in [-0.2, 0) is 0 Å². The fraction of sp³-hybridized carbons (Fsp3) is 0.600. The molecule has 14 heavy (non-hydrogen) atoms. The van der Waals surface area contributed by atoms with Gasteiger partial charge in [-0.05, 0) is 0 Å². The van der Waals surface area contributed by atoms with Crippen molar-refractivity contribution in [2.75, 3.05) is 0 Å². The quantitative estimate of drug-likeness (QED) is 0.519. The Kier molecular flexibility index (Phi) is 2.22. The number of nitriles is 1. The van der Waals surface area contributed by atoms with E-state index in [4.69, 9.17) is 5.26 Å². The second kappa shape index (κ2) is 2.97. The highest BCUT2D eigenvalue weighted by atomic mass is 19.4. The molecule has 1 heterocycles. The lowest BCUT2D eigenvalue weighted by Gasteiger charge is -2.29. The first-order valence-corrected chi connectivity index (χ1v) is 3.22. The maximum absolute atomic E-state index is 12.6. The molecule has 1 aliphatic heterocycles. The summed E-state index contributed by atoms with van der Waals surface area (Å²) in [6.07, 6.45) is -7.33. The Labute approximate surface area is 74.6 Å². The molecule has 0 bridgehead atoms. The Balaban J connectivity index is 2.94. The van der Waals surface area contributed by atoms with Crippen LogP contribution in [0.5, 0.6) is 0 Å². The van der Waals surface area contributed by atoms with Crippen molar-refractivity contribution in [1.29, 1.82) is 5.26 Å². The summed E-state index contributed by atoms with van der Waals surface area (Å²) in [6.45, 7) is 0. The van der Waals surface area contributed by atoms with Crippen LogP contribution in [0, 0.1) is 11.3 Å². The smallest absolute Gasteiger partial charge is 0.273 e. The van der Waals surface area contributed by atoms with Gasteiger partial charge < -0.3 is 0 Å². The van der Waals surface area contributed by atoms with Gasteiger partial charge >= 0.3 is 12.2 Å². The second-order valence-corrected chi connectivity index (χ2v) is 2.35. The number of nitrogens with one attached hydrogen (secondary N) is 1. The van der Waals surface area contributed by atoms with Gasteiger partial charge in [0, 0.05) is 0 Å². The van der Waals surface area contributed by atoms with E-state index in [0.29, 0.717) is 0 Å². The summed E-state index contributed by atoms with van der Waals surface area (Å²) in [4.78, 5) is -0.493. The van der Waals surface area contributed by atoms with E-state index in [1.54, 1.807) is 5.43 Å². The predicted octanol–water partition coefficient (Wildman–Crippen LogP) is 0.840. The van der Waals surface area contributed by atoms with Crippen molar-refractivity contribution >= 4 is 6.34 Å². The number of hydrogen-bond donors (Lipinski definition) is 1. The highest BCUT2D eigenvalue weighted by molar-refractivity contribution is 5.59. The third kappa shape index (κ3) is 1.43. The van der Waals surface area contributed by atoms with E-state index >= 15 is 0 Å². The number of hydrogen-bond acceptors (Lipinski definition) is 4. The zero-order chi connectivity index (χ0) is 11.0. The van der Waals surface area contributed by atoms with E-state index in [2.05, 4.69) is 5.10 Å². The van der Waals surface area contributed by atoms with Crippen LogP contribution < -0.4 is 5.43 Å². The fourth-order valence-electron chi connectivity index (χ4n) is 0.767. The minimum absolute atomic E-state index is 0.237. The molecule has 0 aromatic heterocycles. The maximum Gasteiger partial charge on any atom is 0.475 e. The molecule has 1 aliphatic rings. The molecular weight excluding hydrogens is 211 g/mol. The van der Waals surface area contributed by atoms with Gasteiger partial charge in [-0.3, -0.25) is 10.3 Å². The molecule has 0 saturated heterocycles. The minimum Gasteiger partial charge on any atom is -0.273 e. The lowest BCUT2D eigenvalue weighted by atomic mass is 10.4. The molecule has 0 saturated carbocycles. The molecule has 4 nitrogen and oxygen atoms in total. The summed E-state index contributed by atoms with van der Waals surface area (Å²) in [5, 5.41) is 11.2. The molecule has 0 aromatic rings. The summed E-state index contributed by atoms with van der Waals surface area (Å²) in [5.74, 6) is 0. The van der Waals surface area contributed by atoms with Crippen molar-refractivity contribution in [2.45, 2.75) is 18.4 Å². The molecule has 1 atom stereocenters. The van der Waals surface area contributed by atoms with Crippen LogP contribution in [0.15, 0.2) is 5.10 Å². The summed E-state index contributed by atoms with van der Waals surface area (Å²) in [6, 6.07) is -3.91. The van der Waals surface area contributed by atoms with Crippen LogP contribution in [0.1, 0.15) is 0 Å². The van der Waals surface area contributed by atoms with E-state index in [0.717, 1.165) is 0 Å². The van der Waals surface area contributed by atoms with Crippen molar-refractivity contribution < 1.29 is 22.0 Å². The molecule has 1 rings (SSSR count). The third-order valence-electron chi connectivity index (χ3n) is 1.44. The first-order valence-electron chi connectivity index (χ1n) is 3.22. The topological polar surface area (TPSA) is 51.4 Å². The Bertz CT molecular complexity index is 289. The van der Waals surface area contributed by atoms with Gasteiger partial charge in [0.2, 0.25) is 6.17 Å². The average molecular weight is 214 g/mol.